The van der Waals surface area contributed by atoms with Crippen molar-refractivity contribution >= 4 is 16.8 Å². The van der Waals surface area contributed by atoms with Crippen LogP contribution < -0.4 is 0 Å². The Morgan fingerprint density at radius 2 is 1.21 bits per heavy atom. The quantitative estimate of drug-likeness (QED) is 0.467. The van der Waals surface area contributed by atoms with Gasteiger partial charge in [-0.1, -0.05) is 12.6 Å². The van der Waals surface area contributed by atoms with Crippen LogP contribution in [0.25, 0.3) is 39.3 Å². The third-order valence-electron chi connectivity index (χ3n) is 4.29. The molecule has 1 aromatic heterocycles. The van der Waals surface area contributed by atoms with Crippen molar-refractivity contribution in [1.82, 2.24) is 9.97 Å². The Hall–Kier alpha value is -3.90. The minimum Gasteiger partial charge on any atom is -0.508 e. The second-order valence-electron chi connectivity index (χ2n) is 6.13. The molecule has 6 nitrogen and oxygen atoms in total. The maximum Gasteiger partial charge on any atom is 0.117 e. The number of aliphatic hydroxyl groups excluding tert-OH is 1. The number of aliphatic hydroxyl groups is 1. The molecule has 0 aliphatic rings. The Kier molecular flexibility index (Phi) is 4.98. The van der Waals surface area contributed by atoms with Gasteiger partial charge in [-0.15, -0.1) is 0 Å². The number of benzene rings is 3. The van der Waals surface area contributed by atoms with Gasteiger partial charge >= 0.3 is 0 Å². The summed E-state index contributed by atoms with van der Waals surface area (Å²) >= 11 is 0. The normalized spacial score (nSPS) is 10.4. The molecule has 0 saturated carbocycles. The van der Waals surface area contributed by atoms with E-state index in [4.69, 9.17) is 9.97 Å². The fourth-order valence-electron chi connectivity index (χ4n) is 2.95. The SMILES string of the molecule is C=C(O)c1cccc2nc(-c3ccc(O)cc3)c(-c3ccc(O)cc3)nc12.O. The van der Waals surface area contributed by atoms with Crippen molar-refractivity contribution in [3.63, 3.8) is 0 Å². The van der Waals surface area contributed by atoms with Crippen LogP contribution >= 0.6 is 0 Å². The minimum atomic E-state index is -0.0797. The van der Waals surface area contributed by atoms with Gasteiger partial charge in [0.25, 0.3) is 0 Å². The molecule has 0 atom stereocenters. The number of phenols is 2. The van der Waals surface area contributed by atoms with Gasteiger partial charge in [-0.25, -0.2) is 9.97 Å². The molecule has 28 heavy (non-hydrogen) atoms. The summed E-state index contributed by atoms with van der Waals surface area (Å²) in [4.78, 5) is 9.53. The molecule has 140 valence electrons. The highest BCUT2D eigenvalue weighted by Gasteiger charge is 2.16. The lowest BCUT2D eigenvalue weighted by molar-refractivity contribution is 0.475. The molecule has 6 heteroatoms. The summed E-state index contributed by atoms with van der Waals surface area (Å²) in [5.41, 5.74) is 4.46. The van der Waals surface area contributed by atoms with Crippen molar-refractivity contribution in [2.75, 3.05) is 0 Å². The molecule has 5 N–H and O–H groups in total. The van der Waals surface area contributed by atoms with E-state index < -0.39 is 0 Å². The highest BCUT2D eigenvalue weighted by atomic mass is 16.3. The number of nitrogens with zero attached hydrogens (tertiary/aromatic N) is 2. The van der Waals surface area contributed by atoms with Gasteiger partial charge in [0, 0.05) is 16.7 Å². The van der Waals surface area contributed by atoms with Crippen molar-refractivity contribution in [2.45, 2.75) is 0 Å². The number of para-hydroxylation sites is 1. The molecule has 4 aromatic rings. The number of hydrogen-bond acceptors (Lipinski definition) is 5. The summed E-state index contributed by atoms with van der Waals surface area (Å²) in [6.07, 6.45) is 0. The molecule has 4 rings (SSSR count). The molecule has 0 spiro atoms. The smallest absolute Gasteiger partial charge is 0.117 e. The van der Waals surface area contributed by atoms with Crippen molar-refractivity contribution < 1.29 is 20.8 Å². The Morgan fingerprint density at radius 1 is 0.714 bits per heavy atom. The van der Waals surface area contributed by atoms with Crippen LogP contribution in [-0.4, -0.2) is 30.8 Å². The van der Waals surface area contributed by atoms with E-state index in [-0.39, 0.29) is 22.7 Å². The van der Waals surface area contributed by atoms with E-state index in [1.165, 1.54) is 0 Å². The number of fused-ring (bicyclic) bond motifs is 1. The maximum absolute atomic E-state index is 9.91. The molecule has 0 saturated heterocycles. The van der Waals surface area contributed by atoms with Crippen LogP contribution in [-0.2, 0) is 0 Å². The third-order valence-corrected chi connectivity index (χ3v) is 4.29. The molecule has 0 fully saturated rings. The predicted octanol–water partition coefficient (Wildman–Crippen LogP) is 4.08. The number of aromatic hydroxyl groups is 2. The highest BCUT2D eigenvalue weighted by molar-refractivity contribution is 5.91. The van der Waals surface area contributed by atoms with Gasteiger partial charge in [-0.2, -0.15) is 0 Å². The molecular formula is C22H18N2O4. The van der Waals surface area contributed by atoms with Crippen LogP contribution in [0.2, 0.25) is 0 Å². The number of hydrogen-bond donors (Lipinski definition) is 3. The first-order valence-corrected chi connectivity index (χ1v) is 8.31. The summed E-state index contributed by atoms with van der Waals surface area (Å²) in [6.45, 7) is 3.61. The van der Waals surface area contributed by atoms with Crippen molar-refractivity contribution in [3.8, 4) is 34.0 Å². The summed E-state index contributed by atoms with van der Waals surface area (Å²) in [5, 5.41) is 29.1. The second-order valence-corrected chi connectivity index (χ2v) is 6.13. The van der Waals surface area contributed by atoms with E-state index in [9.17, 15) is 15.3 Å². The van der Waals surface area contributed by atoms with E-state index in [0.29, 0.717) is 28.0 Å². The molecule has 0 bridgehead atoms. The van der Waals surface area contributed by atoms with E-state index in [1.807, 2.05) is 6.07 Å². The molecule has 0 aliphatic carbocycles. The molecular weight excluding hydrogens is 356 g/mol. The molecule has 0 radical (unpaired) electrons. The standard InChI is InChI=1S/C22H16N2O3.H2O/c1-13(25)18-3-2-4-19-22(18)24-21(15-7-11-17(27)12-8-15)20(23-19)14-5-9-16(26)10-6-14;/h2-12,25-27H,1H2;1H2. The van der Waals surface area contributed by atoms with Gasteiger partial charge in [-0.3, -0.25) is 0 Å². The monoisotopic (exact) mass is 374 g/mol. The van der Waals surface area contributed by atoms with Gasteiger partial charge in [-0.05, 0) is 60.7 Å². The Bertz CT molecular complexity index is 1150. The number of aromatic nitrogens is 2. The lowest BCUT2D eigenvalue weighted by Crippen LogP contribution is -1.98. The summed E-state index contributed by atoms with van der Waals surface area (Å²) in [6, 6.07) is 18.7. The van der Waals surface area contributed by atoms with Crippen LogP contribution in [0.15, 0.2) is 73.3 Å². The van der Waals surface area contributed by atoms with Gasteiger partial charge in [0.15, 0.2) is 0 Å². The summed E-state index contributed by atoms with van der Waals surface area (Å²) in [7, 11) is 0. The highest BCUT2D eigenvalue weighted by Crippen LogP contribution is 2.33. The third kappa shape index (κ3) is 3.36. The molecule has 0 amide bonds. The van der Waals surface area contributed by atoms with Crippen LogP contribution in [0.1, 0.15) is 5.56 Å². The first-order valence-electron chi connectivity index (χ1n) is 8.31. The van der Waals surface area contributed by atoms with E-state index in [0.717, 1.165) is 11.1 Å². The lowest BCUT2D eigenvalue weighted by atomic mass is 10.0. The Morgan fingerprint density at radius 3 is 1.71 bits per heavy atom. The zero-order valence-electron chi connectivity index (χ0n) is 14.8. The van der Waals surface area contributed by atoms with Crippen LogP contribution in [0.5, 0.6) is 11.5 Å². The summed E-state index contributed by atoms with van der Waals surface area (Å²) < 4.78 is 0. The van der Waals surface area contributed by atoms with E-state index >= 15 is 0 Å². The Balaban J connectivity index is 0.00000225. The van der Waals surface area contributed by atoms with Crippen LogP contribution in [0.4, 0.5) is 0 Å². The lowest BCUT2D eigenvalue weighted by Gasteiger charge is -2.12. The first kappa shape index (κ1) is 18.9. The Labute approximate surface area is 161 Å². The first-order chi connectivity index (χ1) is 13.0. The largest absolute Gasteiger partial charge is 0.508 e. The van der Waals surface area contributed by atoms with Gasteiger partial charge < -0.3 is 20.8 Å². The predicted molar refractivity (Wildman–Crippen MR) is 109 cm³/mol. The van der Waals surface area contributed by atoms with Crippen LogP contribution in [0.3, 0.4) is 0 Å². The maximum atomic E-state index is 9.91. The molecule has 1 heterocycles. The zero-order chi connectivity index (χ0) is 19.0. The molecule has 0 unspecified atom stereocenters. The van der Waals surface area contributed by atoms with Crippen molar-refractivity contribution in [2.24, 2.45) is 0 Å². The van der Waals surface area contributed by atoms with E-state index in [2.05, 4.69) is 6.58 Å². The van der Waals surface area contributed by atoms with Gasteiger partial charge in [0.2, 0.25) is 0 Å². The zero-order valence-corrected chi connectivity index (χ0v) is 14.8. The molecule has 0 aliphatic heterocycles. The van der Waals surface area contributed by atoms with Gasteiger partial charge in [0.05, 0.1) is 16.9 Å². The van der Waals surface area contributed by atoms with Crippen molar-refractivity contribution in [3.05, 3.63) is 78.9 Å². The minimum absolute atomic E-state index is 0. The number of phenolic OH excluding ortho intramolecular Hbond substituents is 2. The average Bonchev–Trinajstić information content (AvgIpc) is 2.67. The average molecular weight is 374 g/mol. The summed E-state index contributed by atoms with van der Waals surface area (Å²) in [5.74, 6) is 0.240. The molecule has 3 aromatic carbocycles. The second kappa shape index (κ2) is 7.38. The fraction of sp³-hybridized carbons (Fsp3) is 0. The van der Waals surface area contributed by atoms with Crippen LogP contribution in [0, 0.1) is 0 Å². The number of rotatable bonds is 3. The van der Waals surface area contributed by atoms with Gasteiger partial charge in [0.1, 0.15) is 22.8 Å². The van der Waals surface area contributed by atoms with Crippen molar-refractivity contribution in [1.29, 1.82) is 0 Å². The van der Waals surface area contributed by atoms with E-state index in [1.54, 1.807) is 60.7 Å². The topological polar surface area (TPSA) is 118 Å². The fourth-order valence-corrected chi connectivity index (χ4v) is 2.95.